The van der Waals surface area contributed by atoms with Gasteiger partial charge in [-0.3, -0.25) is 14.6 Å². The van der Waals surface area contributed by atoms with E-state index in [1.54, 1.807) is 0 Å². The summed E-state index contributed by atoms with van der Waals surface area (Å²) in [7, 11) is 0. The van der Waals surface area contributed by atoms with E-state index in [-0.39, 0.29) is 17.0 Å². The Morgan fingerprint density at radius 1 is 1.23 bits per heavy atom. The summed E-state index contributed by atoms with van der Waals surface area (Å²) in [6.07, 6.45) is 4.82. The third kappa shape index (κ3) is 2.51. The molecule has 0 radical (unpaired) electrons. The molecule has 1 aromatic heterocycles. The van der Waals surface area contributed by atoms with Gasteiger partial charge in [-0.2, -0.15) is 0 Å². The summed E-state index contributed by atoms with van der Waals surface area (Å²) in [5.74, 6) is 0.734. The third-order valence-corrected chi connectivity index (χ3v) is 4.87. The van der Waals surface area contributed by atoms with Crippen LogP contribution in [0.15, 0.2) is 0 Å². The molecule has 3 heteroatoms. The number of nitrogens with zero attached hydrogens (tertiary/aromatic N) is 1. The molecule has 0 spiro atoms. The first-order valence-electron chi connectivity index (χ1n) is 8.50. The predicted molar refractivity (Wildman–Crippen MR) is 86.6 cm³/mol. The van der Waals surface area contributed by atoms with E-state index in [9.17, 15) is 9.59 Å². The molecule has 1 heterocycles. The fourth-order valence-electron chi connectivity index (χ4n) is 3.71. The summed E-state index contributed by atoms with van der Waals surface area (Å²) in [5, 5.41) is 0. The molecule has 0 aliphatic heterocycles. The Hall–Kier alpha value is -1.51. The Morgan fingerprint density at radius 3 is 2.45 bits per heavy atom. The molecular formula is C19H25NO2. The van der Waals surface area contributed by atoms with Crippen molar-refractivity contribution in [2.75, 3.05) is 0 Å². The van der Waals surface area contributed by atoms with Gasteiger partial charge in [-0.25, -0.2) is 0 Å². The summed E-state index contributed by atoms with van der Waals surface area (Å²) in [6, 6.07) is 0. The maximum absolute atomic E-state index is 12.8. The predicted octanol–water partition coefficient (Wildman–Crippen LogP) is 4.27. The second-order valence-electron chi connectivity index (χ2n) is 7.51. The fraction of sp³-hybridized carbons (Fsp3) is 0.632. The molecule has 2 aliphatic carbocycles. The number of Topliss-reactive ketones (excluding diaryl/α,β-unsaturated/α-hetero) is 2. The molecule has 3 nitrogen and oxygen atoms in total. The van der Waals surface area contributed by atoms with Gasteiger partial charge in [-0.1, -0.05) is 27.7 Å². The molecule has 1 aromatic rings. The minimum atomic E-state index is -0.0286. The Kier molecular flexibility index (Phi) is 3.70. The molecule has 0 bridgehead atoms. The summed E-state index contributed by atoms with van der Waals surface area (Å²) < 4.78 is 0. The lowest BCUT2D eigenvalue weighted by Gasteiger charge is -2.32. The SMILES string of the molecule is CCC(=O)c1c(CC)nc2c(c1C1CC1)C(=O)CC(C)(C)C2. The highest BCUT2D eigenvalue weighted by atomic mass is 16.1. The van der Waals surface area contributed by atoms with Crippen molar-refractivity contribution in [3.8, 4) is 0 Å². The van der Waals surface area contributed by atoms with E-state index in [4.69, 9.17) is 4.98 Å². The van der Waals surface area contributed by atoms with Crippen LogP contribution in [0.4, 0.5) is 0 Å². The number of hydrogen-bond acceptors (Lipinski definition) is 3. The van der Waals surface area contributed by atoms with Crippen molar-refractivity contribution < 1.29 is 9.59 Å². The van der Waals surface area contributed by atoms with Gasteiger partial charge in [0, 0.05) is 24.0 Å². The van der Waals surface area contributed by atoms with E-state index in [2.05, 4.69) is 13.8 Å². The largest absolute Gasteiger partial charge is 0.294 e. The highest BCUT2D eigenvalue weighted by Gasteiger charge is 2.40. The maximum atomic E-state index is 12.8. The van der Waals surface area contributed by atoms with Gasteiger partial charge >= 0.3 is 0 Å². The minimum absolute atomic E-state index is 0.0286. The van der Waals surface area contributed by atoms with E-state index in [0.29, 0.717) is 18.8 Å². The Labute approximate surface area is 132 Å². The van der Waals surface area contributed by atoms with Crippen molar-refractivity contribution >= 4 is 11.6 Å². The lowest BCUT2D eigenvalue weighted by Crippen LogP contribution is -2.30. The zero-order chi connectivity index (χ0) is 16.1. The quantitative estimate of drug-likeness (QED) is 0.780. The van der Waals surface area contributed by atoms with Crippen LogP contribution in [0.1, 0.15) is 97.0 Å². The zero-order valence-corrected chi connectivity index (χ0v) is 14.1. The summed E-state index contributed by atoms with van der Waals surface area (Å²) >= 11 is 0. The van der Waals surface area contributed by atoms with Crippen LogP contribution in [0.2, 0.25) is 0 Å². The van der Waals surface area contributed by atoms with Gasteiger partial charge in [0.1, 0.15) is 0 Å². The molecule has 1 saturated carbocycles. The first-order chi connectivity index (χ1) is 10.4. The highest BCUT2D eigenvalue weighted by Crippen LogP contribution is 2.47. The van der Waals surface area contributed by atoms with Gasteiger partial charge in [-0.05, 0) is 42.6 Å². The van der Waals surface area contributed by atoms with Crippen LogP contribution in [0.25, 0.3) is 0 Å². The van der Waals surface area contributed by atoms with Crippen LogP contribution in [0.3, 0.4) is 0 Å². The number of aryl methyl sites for hydroxylation is 1. The molecule has 2 aliphatic rings. The van der Waals surface area contributed by atoms with Crippen LogP contribution >= 0.6 is 0 Å². The standard InChI is InChI=1S/C19H25NO2/c1-5-12-17(14(21)6-2)16(11-7-8-11)18-13(20-12)9-19(3,4)10-15(18)22/h11H,5-10H2,1-4H3. The maximum Gasteiger partial charge on any atom is 0.165 e. The summed E-state index contributed by atoms with van der Waals surface area (Å²) in [5.41, 5.74) is 4.44. The zero-order valence-electron chi connectivity index (χ0n) is 14.1. The van der Waals surface area contributed by atoms with Gasteiger partial charge in [0.05, 0.1) is 11.4 Å². The number of pyridine rings is 1. The van der Waals surface area contributed by atoms with E-state index in [0.717, 1.165) is 53.8 Å². The second-order valence-corrected chi connectivity index (χ2v) is 7.51. The van der Waals surface area contributed by atoms with E-state index < -0.39 is 0 Å². The average Bonchev–Trinajstić information content (AvgIpc) is 3.27. The topological polar surface area (TPSA) is 47.0 Å². The lowest BCUT2D eigenvalue weighted by atomic mass is 9.73. The van der Waals surface area contributed by atoms with Crippen LogP contribution in [-0.2, 0) is 12.8 Å². The lowest BCUT2D eigenvalue weighted by molar-refractivity contribution is 0.0908. The molecule has 0 saturated heterocycles. The molecular weight excluding hydrogens is 274 g/mol. The number of aromatic nitrogens is 1. The van der Waals surface area contributed by atoms with Gasteiger partial charge in [0.25, 0.3) is 0 Å². The van der Waals surface area contributed by atoms with Crippen molar-refractivity contribution in [2.24, 2.45) is 5.41 Å². The average molecular weight is 299 g/mol. The number of hydrogen-bond donors (Lipinski definition) is 0. The van der Waals surface area contributed by atoms with E-state index in [1.807, 2.05) is 13.8 Å². The van der Waals surface area contributed by atoms with Crippen molar-refractivity contribution in [1.29, 1.82) is 0 Å². The van der Waals surface area contributed by atoms with Crippen molar-refractivity contribution in [3.63, 3.8) is 0 Å². The number of fused-ring (bicyclic) bond motifs is 1. The number of carbonyl (C=O) groups excluding carboxylic acids is 2. The Morgan fingerprint density at radius 2 is 1.91 bits per heavy atom. The van der Waals surface area contributed by atoms with Crippen LogP contribution in [0.5, 0.6) is 0 Å². The van der Waals surface area contributed by atoms with Gasteiger partial charge in [0.2, 0.25) is 0 Å². The van der Waals surface area contributed by atoms with E-state index >= 15 is 0 Å². The molecule has 0 N–H and O–H groups in total. The number of ketones is 2. The van der Waals surface area contributed by atoms with Crippen molar-refractivity contribution in [2.45, 2.75) is 72.1 Å². The van der Waals surface area contributed by atoms with Gasteiger partial charge in [0.15, 0.2) is 11.6 Å². The second kappa shape index (κ2) is 5.29. The van der Waals surface area contributed by atoms with Crippen LogP contribution in [0, 0.1) is 5.41 Å². The number of carbonyl (C=O) groups is 2. The highest BCUT2D eigenvalue weighted by molar-refractivity contribution is 6.06. The van der Waals surface area contributed by atoms with Gasteiger partial charge < -0.3 is 0 Å². The van der Waals surface area contributed by atoms with Gasteiger partial charge in [-0.15, -0.1) is 0 Å². The van der Waals surface area contributed by atoms with Crippen LogP contribution < -0.4 is 0 Å². The normalized spacial score (nSPS) is 19.9. The monoisotopic (exact) mass is 299 g/mol. The van der Waals surface area contributed by atoms with Crippen molar-refractivity contribution in [1.82, 2.24) is 4.98 Å². The molecule has 3 rings (SSSR count). The molecule has 0 amide bonds. The first kappa shape index (κ1) is 15.4. The van der Waals surface area contributed by atoms with Crippen LogP contribution in [-0.4, -0.2) is 16.6 Å². The molecule has 118 valence electrons. The molecule has 22 heavy (non-hydrogen) atoms. The molecule has 0 atom stereocenters. The molecule has 0 unspecified atom stereocenters. The molecule has 1 fully saturated rings. The summed E-state index contributed by atoms with van der Waals surface area (Å²) in [6.45, 7) is 8.20. The summed E-state index contributed by atoms with van der Waals surface area (Å²) in [4.78, 5) is 30.1. The third-order valence-electron chi connectivity index (χ3n) is 4.87. The smallest absolute Gasteiger partial charge is 0.165 e. The molecule has 0 aromatic carbocycles. The van der Waals surface area contributed by atoms with Crippen molar-refractivity contribution in [3.05, 3.63) is 28.1 Å². The Bertz CT molecular complexity index is 654. The van der Waals surface area contributed by atoms with E-state index in [1.165, 1.54) is 0 Å². The fourth-order valence-corrected chi connectivity index (χ4v) is 3.71. The Balaban J connectivity index is 2.28. The minimum Gasteiger partial charge on any atom is -0.294 e. The number of rotatable bonds is 4. The first-order valence-corrected chi connectivity index (χ1v) is 8.50.